The number of hydrogen-bond acceptors (Lipinski definition) is 3. The van der Waals surface area contributed by atoms with Crippen LogP contribution in [0.5, 0.6) is 0 Å². The molecule has 0 saturated carbocycles. The molecular formula is C19H19N3O. The van der Waals surface area contributed by atoms with E-state index in [1.165, 1.54) is 5.69 Å². The molecule has 116 valence electrons. The normalized spacial score (nSPS) is 14.3. The van der Waals surface area contributed by atoms with E-state index in [1.807, 2.05) is 36.4 Å². The zero-order valence-corrected chi connectivity index (χ0v) is 13.1. The number of amides is 1. The van der Waals surface area contributed by atoms with Gasteiger partial charge in [-0.2, -0.15) is 0 Å². The lowest BCUT2D eigenvalue weighted by Gasteiger charge is -2.18. The molecule has 3 rings (SSSR count). The number of nitrogens with two attached hydrogens (primary N) is 1. The highest BCUT2D eigenvalue weighted by atomic mass is 16.1. The Labute approximate surface area is 136 Å². The van der Waals surface area contributed by atoms with Crippen LogP contribution < -0.4 is 10.6 Å². The molecule has 4 heteroatoms. The third-order valence-electron chi connectivity index (χ3n) is 3.94. The summed E-state index contributed by atoms with van der Waals surface area (Å²) in [6.07, 6.45) is 4.03. The maximum absolute atomic E-state index is 11.1. The van der Waals surface area contributed by atoms with Gasteiger partial charge in [0.2, 0.25) is 5.91 Å². The van der Waals surface area contributed by atoms with E-state index in [2.05, 4.69) is 29.1 Å². The van der Waals surface area contributed by atoms with E-state index < -0.39 is 5.91 Å². The smallest absolute Gasteiger partial charge is 0.248 e. The monoisotopic (exact) mass is 305 g/mol. The molecule has 2 aromatic carbocycles. The summed E-state index contributed by atoms with van der Waals surface area (Å²) in [6.45, 7) is 1.67. The first-order valence-corrected chi connectivity index (χ1v) is 7.58. The molecule has 0 bridgehead atoms. The number of benzene rings is 2. The summed E-state index contributed by atoms with van der Waals surface area (Å²) in [4.78, 5) is 18.0. The van der Waals surface area contributed by atoms with Crippen LogP contribution in [0.25, 0.3) is 6.08 Å². The van der Waals surface area contributed by atoms with Gasteiger partial charge >= 0.3 is 0 Å². The number of carbonyl (C=O) groups is 1. The molecule has 0 saturated heterocycles. The fourth-order valence-electron chi connectivity index (χ4n) is 2.63. The average molecular weight is 305 g/mol. The van der Waals surface area contributed by atoms with E-state index in [9.17, 15) is 4.79 Å². The molecule has 1 aliphatic heterocycles. The number of allylic oxidation sites excluding steroid dienone is 1. The van der Waals surface area contributed by atoms with Gasteiger partial charge in [-0.25, -0.2) is 0 Å². The van der Waals surface area contributed by atoms with Crippen LogP contribution >= 0.6 is 0 Å². The van der Waals surface area contributed by atoms with Crippen LogP contribution in [0.1, 0.15) is 21.5 Å². The highest BCUT2D eigenvalue weighted by molar-refractivity contribution is 6.14. The predicted octanol–water partition coefficient (Wildman–Crippen LogP) is 2.74. The minimum atomic E-state index is -0.411. The Balaban J connectivity index is 1.88. The molecule has 1 amide bonds. The highest BCUT2D eigenvalue weighted by Crippen LogP contribution is 2.23. The van der Waals surface area contributed by atoms with E-state index in [4.69, 9.17) is 5.73 Å². The van der Waals surface area contributed by atoms with Gasteiger partial charge in [-0.05, 0) is 29.8 Å². The molecule has 0 unspecified atom stereocenters. The van der Waals surface area contributed by atoms with Gasteiger partial charge < -0.3 is 10.6 Å². The summed E-state index contributed by atoms with van der Waals surface area (Å²) in [6, 6.07) is 15.5. The fourth-order valence-corrected chi connectivity index (χ4v) is 2.63. The number of rotatable bonds is 3. The summed E-state index contributed by atoms with van der Waals surface area (Å²) in [5.41, 5.74) is 10.1. The average Bonchev–Trinajstić information content (AvgIpc) is 2.73. The number of aliphatic imine (C=N–C) groups is 1. The first kappa shape index (κ1) is 15.0. The molecule has 0 aliphatic carbocycles. The number of primary amides is 1. The van der Waals surface area contributed by atoms with E-state index in [0.717, 1.165) is 29.9 Å². The second-order valence-corrected chi connectivity index (χ2v) is 5.53. The Morgan fingerprint density at radius 2 is 1.87 bits per heavy atom. The van der Waals surface area contributed by atoms with Crippen molar-refractivity contribution >= 4 is 23.4 Å². The summed E-state index contributed by atoms with van der Waals surface area (Å²) < 4.78 is 0. The SMILES string of the molecule is CN1CCN=C(/C=C/c2ccc(C(N)=O)cc2)c2ccccc21. The third kappa shape index (κ3) is 3.31. The largest absolute Gasteiger partial charge is 0.372 e. The lowest BCUT2D eigenvalue weighted by Crippen LogP contribution is -2.20. The minimum Gasteiger partial charge on any atom is -0.372 e. The lowest BCUT2D eigenvalue weighted by molar-refractivity contribution is 0.100. The zero-order valence-electron chi connectivity index (χ0n) is 13.1. The van der Waals surface area contributed by atoms with Gasteiger partial charge in [-0.1, -0.05) is 36.4 Å². The fraction of sp³-hybridized carbons (Fsp3) is 0.158. The van der Waals surface area contributed by atoms with Crippen LogP contribution in [0.4, 0.5) is 5.69 Å². The van der Waals surface area contributed by atoms with E-state index >= 15 is 0 Å². The molecule has 0 radical (unpaired) electrons. The second kappa shape index (κ2) is 6.48. The molecule has 0 spiro atoms. The van der Waals surface area contributed by atoms with Crippen LogP contribution in [-0.4, -0.2) is 31.8 Å². The maximum Gasteiger partial charge on any atom is 0.248 e. The number of carbonyl (C=O) groups excluding carboxylic acids is 1. The van der Waals surface area contributed by atoms with Gasteiger partial charge in [0.05, 0.1) is 12.3 Å². The van der Waals surface area contributed by atoms with Gasteiger partial charge in [0.15, 0.2) is 0 Å². The first-order valence-electron chi connectivity index (χ1n) is 7.58. The number of hydrogen-bond donors (Lipinski definition) is 1. The van der Waals surface area contributed by atoms with Crippen molar-refractivity contribution in [2.45, 2.75) is 0 Å². The van der Waals surface area contributed by atoms with Crippen molar-refractivity contribution in [1.82, 2.24) is 0 Å². The van der Waals surface area contributed by atoms with Crippen molar-refractivity contribution in [3.8, 4) is 0 Å². The molecule has 23 heavy (non-hydrogen) atoms. The number of fused-ring (bicyclic) bond motifs is 1. The molecule has 1 heterocycles. The summed E-state index contributed by atoms with van der Waals surface area (Å²) in [5.74, 6) is -0.411. The van der Waals surface area contributed by atoms with Crippen LogP contribution in [-0.2, 0) is 0 Å². The van der Waals surface area contributed by atoms with Crippen molar-refractivity contribution in [2.75, 3.05) is 25.0 Å². The summed E-state index contributed by atoms with van der Waals surface area (Å²) in [5, 5.41) is 0. The lowest BCUT2D eigenvalue weighted by atomic mass is 10.1. The van der Waals surface area contributed by atoms with Crippen molar-refractivity contribution in [3.63, 3.8) is 0 Å². The standard InChI is InChI=1S/C19H19N3O/c1-22-13-12-21-17(16-4-2-3-5-18(16)22)11-8-14-6-9-15(10-7-14)19(20)23/h2-11H,12-13H2,1H3,(H2,20,23)/b11-8+. The molecule has 0 aromatic heterocycles. The predicted molar refractivity (Wildman–Crippen MR) is 95.1 cm³/mol. The van der Waals surface area contributed by atoms with E-state index in [-0.39, 0.29) is 0 Å². The topological polar surface area (TPSA) is 58.7 Å². The summed E-state index contributed by atoms with van der Waals surface area (Å²) in [7, 11) is 2.09. The Morgan fingerprint density at radius 3 is 2.61 bits per heavy atom. The van der Waals surface area contributed by atoms with Crippen molar-refractivity contribution in [2.24, 2.45) is 10.7 Å². The maximum atomic E-state index is 11.1. The molecule has 0 fully saturated rings. The van der Waals surface area contributed by atoms with E-state index in [0.29, 0.717) is 5.56 Å². The van der Waals surface area contributed by atoms with Crippen LogP contribution in [0.2, 0.25) is 0 Å². The Bertz CT molecular complexity index is 775. The highest BCUT2D eigenvalue weighted by Gasteiger charge is 2.13. The van der Waals surface area contributed by atoms with Crippen molar-refractivity contribution in [3.05, 3.63) is 71.3 Å². The molecule has 2 aromatic rings. The first-order chi connectivity index (χ1) is 11.1. The summed E-state index contributed by atoms with van der Waals surface area (Å²) >= 11 is 0. The van der Waals surface area contributed by atoms with Gasteiger partial charge in [0.25, 0.3) is 0 Å². The minimum absolute atomic E-state index is 0.411. The number of anilines is 1. The Kier molecular flexibility index (Phi) is 4.24. The molecule has 0 atom stereocenters. The van der Waals surface area contributed by atoms with Crippen LogP contribution in [0, 0.1) is 0 Å². The van der Waals surface area contributed by atoms with Gasteiger partial charge in [0.1, 0.15) is 0 Å². The number of likely N-dealkylation sites (N-methyl/N-ethyl adjacent to an activating group) is 1. The number of benzodiazepines with no additional fused rings is 1. The van der Waals surface area contributed by atoms with Gasteiger partial charge in [-0.15, -0.1) is 0 Å². The molecule has 4 nitrogen and oxygen atoms in total. The Morgan fingerprint density at radius 1 is 1.13 bits per heavy atom. The number of para-hydroxylation sites is 1. The number of nitrogens with zero attached hydrogens (tertiary/aromatic N) is 2. The third-order valence-corrected chi connectivity index (χ3v) is 3.94. The second-order valence-electron chi connectivity index (χ2n) is 5.53. The van der Waals surface area contributed by atoms with E-state index in [1.54, 1.807) is 12.1 Å². The van der Waals surface area contributed by atoms with Crippen molar-refractivity contribution < 1.29 is 4.79 Å². The Hall–Kier alpha value is -2.88. The van der Waals surface area contributed by atoms with Gasteiger partial charge in [-0.3, -0.25) is 9.79 Å². The van der Waals surface area contributed by atoms with Crippen LogP contribution in [0.15, 0.2) is 59.6 Å². The van der Waals surface area contributed by atoms with Crippen molar-refractivity contribution in [1.29, 1.82) is 0 Å². The molecule has 2 N–H and O–H groups in total. The van der Waals surface area contributed by atoms with Gasteiger partial charge in [0, 0.05) is 30.4 Å². The molecule has 1 aliphatic rings. The quantitative estimate of drug-likeness (QED) is 0.948. The molecular weight excluding hydrogens is 286 g/mol. The van der Waals surface area contributed by atoms with Crippen LogP contribution in [0.3, 0.4) is 0 Å². The zero-order chi connectivity index (χ0) is 16.2.